The minimum absolute atomic E-state index is 0.0409. The van der Waals surface area contributed by atoms with Crippen molar-refractivity contribution in [2.45, 2.75) is 6.61 Å². The van der Waals surface area contributed by atoms with Crippen molar-refractivity contribution >= 4 is 8.25 Å². The second-order valence-corrected chi connectivity index (χ2v) is 3.47. The number of rotatable bonds is 5. The SMILES string of the molecule is COc1cc(CO[P+](=O)O)cc(OC)c1. The van der Waals surface area contributed by atoms with E-state index in [1.54, 1.807) is 18.2 Å². The number of hydrogen-bond acceptors (Lipinski definition) is 4. The van der Waals surface area contributed by atoms with Gasteiger partial charge in [0.1, 0.15) is 18.1 Å². The highest BCUT2D eigenvalue weighted by Gasteiger charge is 2.13. The molecule has 0 aliphatic heterocycles. The molecule has 0 aliphatic rings. The van der Waals surface area contributed by atoms with Crippen LogP contribution in [0.2, 0.25) is 0 Å². The molecule has 1 aromatic rings. The van der Waals surface area contributed by atoms with Crippen LogP contribution in [0, 0.1) is 0 Å². The van der Waals surface area contributed by atoms with E-state index in [4.69, 9.17) is 14.4 Å². The molecule has 0 aliphatic carbocycles. The maximum Gasteiger partial charge on any atom is 0.695 e. The van der Waals surface area contributed by atoms with Gasteiger partial charge in [-0.3, -0.25) is 0 Å². The molecule has 0 heterocycles. The fraction of sp³-hybridized carbons (Fsp3) is 0.333. The predicted octanol–water partition coefficient (Wildman–Crippen LogP) is 1.87. The molecule has 0 spiro atoms. The van der Waals surface area contributed by atoms with Gasteiger partial charge in [-0.2, -0.15) is 0 Å². The van der Waals surface area contributed by atoms with Crippen LogP contribution in [-0.2, 0) is 15.7 Å². The topological polar surface area (TPSA) is 65.0 Å². The summed E-state index contributed by atoms with van der Waals surface area (Å²) in [6, 6.07) is 5.13. The Hall–Kier alpha value is -1.16. The second kappa shape index (κ2) is 5.66. The third kappa shape index (κ3) is 3.83. The zero-order valence-corrected chi connectivity index (χ0v) is 9.36. The van der Waals surface area contributed by atoms with Crippen molar-refractivity contribution in [3.8, 4) is 11.5 Å². The lowest BCUT2D eigenvalue weighted by Crippen LogP contribution is -1.92. The van der Waals surface area contributed by atoms with Crippen molar-refractivity contribution in [1.29, 1.82) is 0 Å². The van der Waals surface area contributed by atoms with Gasteiger partial charge in [0.05, 0.1) is 14.2 Å². The largest absolute Gasteiger partial charge is 0.695 e. The average molecular weight is 231 g/mol. The van der Waals surface area contributed by atoms with Crippen molar-refractivity contribution in [2.24, 2.45) is 0 Å². The maximum atomic E-state index is 10.3. The lowest BCUT2D eigenvalue weighted by Gasteiger charge is -2.06. The summed E-state index contributed by atoms with van der Waals surface area (Å²) in [5.41, 5.74) is 0.712. The molecule has 0 saturated carbocycles. The highest BCUT2D eigenvalue weighted by Crippen LogP contribution is 2.25. The van der Waals surface area contributed by atoms with E-state index < -0.39 is 8.25 Å². The van der Waals surface area contributed by atoms with E-state index >= 15 is 0 Å². The van der Waals surface area contributed by atoms with E-state index in [0.29, 0.717) is 17.1 Å². The molecule has 1 unspecified atom stereocenters. The minimum Gasteiger partial charge on any atom is -0.497 e. The lowest BCUT2D eigenvalue weighted by atomic mass is 10.2. The summed E-state index contributed by atoms with van der Waals surface area (Å²) in [5.74, 6) is 1.22. The molecular weight excluding hydrogens is 219 g/mol. The van der Waals surface area contributed by atoms with E-state index in [2.05, 4.69) is 4.52 Å². The summed E-state index contributed by atoms with van der Waals surface area (Å²) >= 11 is 0. The first-order chi connectivity index (χ1) is 7.15. The zero-order chi connectivity index (χ0) is 11.3. The summed E-state index contributed by atoms with van der Waals surface area (Å²) in [7, 11) is 0.484. The molecule has 1 aromatic carbocycles. The Morgan fingerprint density at radius 2 is 1.73 bits per heavy atom. The second-order valence-electron chi connectivity index (χ2n) is 2.73. The first-order valence-corrected chi connectivity index (χ1v) is 5.29. The van der Waals surface area contributed by atoms with Crippen LogP contribution in [0.3, 0.4) is 0 Å². The Labute approximate surface area is 88.5 Å². The molecule has 0 fully saturated rings. The molecule has 6 heteroatoms. The Kier molecular flexibility index (Phi) is 4.49. The van der Waals surface area contributed by atoms with Crippen molar-refractivity contribution in [1.82, 2.24) is 0 Å². The maximum absolute atomic E-state index is 10.3. The zero-order valence-electron chi connectivity index (χ0n) is 8.47. The quantitative estimate of drug-likeness (QED) is 0.783. The third-order valence-corrected chi connectivity index (χ3v) is 2.10. The van der Waals surface area contributed by atoms with Crippen molar-refractivity contribution in [3.05, 3.63) is 23.8 Å². The van der Waals surface area contributed by atoms with E-state index in [0.717, 1.165) is 0 Å². The number of methoxy groups -OCH3 is 2. The molecule has 0 aromatic heterocycles. The molecule has 15 heavy (non-hydrogen) atoms. The number of benzene rings is 1. The van der Waals surface area contributed by atoms with Crippen LogP contribution >= 0.6 is 8.25 Å². The number of ether oxygens (including phenoxy) is 2. The summed E-state index contributed by atoms with van der Waals surface area (Å²) in [6.07, 6.45) is 0. The van der Waals surface area contributed by atoms with Crippen molar-refractivity contribution in [3.63, 3.8) is 0 Å². The van der Waals surface area contributed by atoms with Crippen LogP contribution < -0.4 is 9.47 Å². The molecule has 5 nitrogen and oxygen atoms in total. The van der Waals surface area contributed by atoms with Gasteiger partial charge in [-0.1, -0.05) is 0 Å². The first-order valence-electron chi connectivity index (χ1n) is 4.16. The fourth-order valence-corrected chi connectivity index (χ4v) is 1.34. The van der Waals surface area contributed by atoms with Gasteiger partial charge in [-0.15, -0.1) is 9.42 Å². The Bertz CT molecular complexity index is 330. The third-order valence-electron chi connectivity index (χ3n) is 1.75. The van der Waals surface area contributed by atoms with E-state index in [9.17, 15) is 4.57 Å². The van der Waals surface area contributed by atoms with Gasteiger partial charge in [-0.25, -0.2) is 0 Å². The van der Waals surface area contributed by atoms with Crippen LogP contribution in [-0.4, -0.2) is 19.1 Å². The molecular formula is C9H12O5P+. The van der Waals surface area contributed by atoms with Gasteiger partial charge >= 0.3 is 8.25 Å². The van der Waals surface area contributed by atoms with Crippen LogP contribution in [0.5, 0.6) is 11.5 Å². The highest BCUT2D eigenvalue weighted by atomic mass is 31.1. The molecule has 1 N–H and O–H groups in total. The van der Waals surface area contributed by atoms with E-state index in [1.165, 1.54) is 14.2 Å². The average Bonchev–Trinajstić information content (AvgIpc) is 2.25. The minimum atomic E-state index is -2.58. The van der Waals surface area contributed by atoms with Crippen LogP contribution in [0.4, 0.5) is 0 Å². The van der Waals surface area contributed by atoms with Crippen molar-refractivity contribution < 1.29 is 23.5 Å². The van der Waals surface area contributed by atoms with Gasteiger partial charge in [0, 0.05) is 10.6 Å². The molecule has 0 amide bonds. The van der Waals surface area contributed by atoms with E-state index in [1.807, 2.05) is 0 Å². The lowest BCUT2D eigenvalue weighted by molar-refractivity contribution is 0.271. The van der Waals surface area contributed by atoms with Crippen LogP contribution in [0.15, 0.2) is 18.2 Å². The van der Waals surface area contributed by atoms with Crippen molar-refractivity contribution in [2.75, 3.05) is 14.2 Å². The standard InChI is InChI=1S/C9H11O5P/c1-12-8-3-7(6-14-15(10)11)4-9(5-8)13-2/h3-5H,6H2,1-2H3/p+1. The van der Waals surface area contributed by atoms with Gasteiger partial charge in [0.25, 0.3) is 0 Å². The van der Waals surface area contributed by atoms with Gasteiger partial charge in [0.15, 0.2) is 0 Å². The molecule has 0 bridgehead atoms. The van der Waals surface area contributed by atoms with Gasteiger partial charge in [-0.05, 0) is 17.7 Å². The predicted molar refractivity (Wildman–Crippen MR) is 54.2 cm³/mol. The summed E-state index contributed by atoms with van der Waals surface area (Å²) in [6.45, 7) is 0.0409. The fourth-order valence-electron chi connectivity index (χ4n) is 1.08. The van der Waals surface area contributed by atoms with Crippen LogP contribution in [0.1, 0.15) is 5.56 Å². The summed E-state index contributed by atoms with van der Waals surface area (Å²) in [5, 5.41) is 0. The molecule has 0 radical (unpaired) electrons. The van der Waals surface area contributed by atoms with Gasteiger partial charge < -0.3 is 9.47 Å². The van der Waals surface area contributed by atoms with Crippen LogP contribution in [0.25, 0.3) is 0 Å². The smallest absolute Gasteiger partial charge is 0.497 e. The van der Waals surface area contributed by atoms with E-state index in [-0.39, 0.29) is 6.61 Å². The normalized spacial score (nSPS) is 11.0. The summed E-state index contributed by atoms with van der Waals surface area (Å²) < 4.78 is 25.0. The Morgan fingerprint density at radius 1 is 1.20 bits per heavy atom. The monoisotopic (exact) mass is 231 g/mol. The Balaban J connectivity index is 2.81. The highest BCUT2D eigenvalue weighted by molar-refractivity contribution is 7.32. The first kappa shape index (κ1) is 11.9. The molecule has 82 valence electrons. The van der Waals surface area contributed by atoms with Gasteiger partial charge in [0.2, 0.25) is 0 Å². The summed E-state index contributed by atoms with van der Waals surface area (Å²) in [4.78, 5) is 8.49. The molecule has 0 saturated heterocycles. The number of hydrogen-bond donors (Lipinski definition) is 1. The Morgan fingerprint density at radius 3 is 2.13 bits per heavy atom. The molecule has 1 atom stereocenters. The molecule has 1 rings (SSSR count).